The molecule has 0 aliphatic rings. The first-order chi connectivity index (χ1) is 13.6. The van der Waals surface area contributed by atoms with E-state index in [-0.39, 0.29) is 34.1 Å². The quantitative estimate of drug-likeness (QED) is 0.647. The summed E-state index contributed by atoms with van der Waals surface area (Å²) in [6.07, 6.45) is -4.78. The summed E-state index contributed by atoms with van der Waals surface area (Å²) in [6, 6.07) is 7.21. The number of rotatable bonds is 5. The van der Waals surface area contributed by atoms with Crippen molar-refractivity contribution in [3.8, 4) is 11.5 Å². The van der Waals surface area contributed by atoms with Gasteiger partial charge in [-0.1, -0.05) is 11.6 Å². The first kappa shape index (κ1) is 20.2. The van der Waals surface area contributed by atoms with Crippen molar-refractivity contribution in [3.63, 3.8) is 0 Å². The van der Waals surface area contributed by atoms with Crippen LogP contribution in [0, 0.1) is 6.92 Å². The fourth-order valence-electron chi connectivity index (χ4n) is 2.75. The average Bonchev–Trinajstić information content (AvgIpc) is 2.66. The van der Waals surface area contributed by atoms with Crippen LogP contribution >= 0.6 is 0 Å². The monoisotopic (exact) mass is 407 g/mol. The van der Waals surface area contributed by atoms with Crippen molar-refractivity contribution in [3.05, 3.63) is 47.3 Å². The Balaban J connectivity index is 2.24. The molecule has 7 nitrogen and oxygen atoms in total. The van der Waals surface area contributed by atoms with Gasteiger partial charge in [0, 0.05) is 17.5 Å². The molecule has 29 heavy (non-hydrogen) atoms. The van der Waals surface area contributed by atoms with E-state index >= 15 is 0 Å². The Bertz CT molecular complexity index is 1100. The molecule has 0 unspecified atom stereocenters. The van der Waals surface area contributed by atoms with Crippen molar-refractivity contribution in [2.24, 2.45) is 0 Å². The van der Waals surface area contributed by atoms with Gasteiger partial charge in [0.05, 0.1) is 31.0 Å². The fraction of sp³-hybridized carbons (Fsp3) is 0.211. The largest absolute Gasteiger partial charge is 0.493 e. The standard InChI is InChI=1S/C19H16F3N3O4/c1-9-4-5-12-10(6-9)16(25-18(24-12)19(20,21)22)23-13-8-15(29-3)14(28-2)7-11(13)17(26)27/h4-8H,1-3H3,(H,26,27)(H,23,24,25). The predicted molar refractivity (Wildman–Crippen MR) is 99.1 cm³/mol. The molecule has 152 valence electrons. The molecular weight excluding hydrogens is 391 g/mol. The molecule has 0 aliphatic heterocycles. The molecular formula is C19H16F3N3O4. The highest BCUT2D eigenvalue weighted by molar-refractivity contribution is 5.98. The first-order valence-corrected chi connectivity index (χ1v) is 8.26. The summed E-state index contributed by atoms with van der Waals surface area (Å²) in [5.41, 5.74) is 0.604. The molecule has 10 heteroatoms. The van der Waals surface area contributed by atoms with Crippen LogP contribution in [0.1, 0.15) is 21.7 Å². The van der Waals surface area contributed by atoms with Gasteiger partial charge >= 0.3 is 12.1 Å². The van der Waals surface area contributed by atoms with Crippen molar-refractivity contribution in [2.75, 3.05) is 19.5 Å². The summed E-state index contributed by atoms with van der Waals surface area (Å²) in [7, 11) is 2.69. The highest BCUT2D eigenvalue weighted by atomic mass is 19.4. The molecule has 0 fully saturated rings. The Morgan fingerprint density at radius 1 is 1.07 bits per heavy atom. The van der Waals surface area contributed by atoms with Gasteiger partial charge in [-0.2, -0.15) is 13.2 Å². The second kappa shape index (κ2) is 7.46. The van der Waals surface area contributed by atoms with Crippen LogP contribution in [0.2, 0.25) is 0 Å². The van der Waals surface area contributed by atoms with Gasteiger partial charge in [-0.25, -0.2) is 14.8 Å². The van der Waals surface area contributed by atoms with Crippen molar-refractivity contribution in [1.82, 2.24) is 9.97 Å². The van der Waals surface area contributed by atoms with E-state index in [1.807, 2.05) is 0 Å². The van der Waals surface area contributed by atoms with Gasteiger partial charge in [0.25, 0.3) is 0 Å². The minimum Gasteiger partial charge on any atom is -0.493 e. The molecule has 2 N–H and O–H groups in total. The van der Waals surface area contributed by atoms with Crippen molar-refractivity contribution >= 4 is 28.4 Å². The Morgan fingerprint density at radius 2 is 1.72 bits per heavy atom. The molecule has 0 aliphatic carbocycles. The number of carboxylic acid groups (broad SMARTS) is 1. The van der Waals surface area contributed by atoms with E-state index < -0.39 is 18.0 Å². The summed E-state index contributed by atoms with van der Waals surface area (Å²) < 4.78 is 50.0. The number of aryl methyl sites for hydroxylation is 1. The summed E-state index contributed by atoms with van der Waals surface area (Å²) in [6.45, 7) is 1.76. The molecule has 0 saturated heterocycles. The second-order valence-electron chi connectivity index (χ2n) is 6.10. The van der Waals surface area contributed by atoms with Crippen molar-refractivity contribution in [2.45, 2.75) is 13.1 Å². The smallest absolute Gasteiger partial charge is 0.451 e. The number of anilines is 2. The third-order valence-electron chi connectivity index (χ3n) is 4.11. The zero-order chi connectivity index (χ0) is 21.3. The van der Waals surface area contributed by atoms with E-state index in [2.05, 4.69) is 15.3 Å². The van der Waals surface area contributed by atoms with Gasteiger partial charge in [0.15, 0.2) is 11.5 Å². The lowest BCUT2D eigenvalue weighted by Gasteiger charge is -2.16. The van der Waals surface area contributed by atoms with Crippen LogP contribution in [-0.2, 0) is 6.18 Å². The molecule has 3 rings (SSSR count). The Hall–Kier alpha value is -3.56. The summed E-state index contributed by atoms with van der Waals surface area (Å²) in [5.74, 6) is -2.46. The third kappa shape index (κ3) is 4.00. The lowest BCUT2D eigenvalue weighted by atomic mass is 10.1. The van der Waals surface area contributed by atoms with Crippen molar-refractivity contribution < 1.29 is 32.5 Å². The highest BCUT2D eigenvalue weighted by Gasteiger charge is 2.35. The number of nitrogens with zero attached hydrogens (tertiary/aromatic N) is 2. The lowest BCUT2D eigenvalue weighted by molar-refractivity contribution is -0.144. The Morgan fingerprint density at radius 3 is 2.31 bits per heavy atom. The average molecular weight is 407 g/mol. The molecule has 0 spiro atoms. The predicted octanol–water partition coefficient (Wildman–Crippen LogP) is 4.42. The van der Waals surface area contributed by atoms with Crippen LogP contribution in [0.5, 0.6) is 11.5 Å². The maximum Gasteiger partial charge on any atom is 0.451 e. The van der Waals surface area contributed by atoms with Crippen LogP contribution in [0.15, 0.2) is 30.3 Å². The number of nitrogens with one attached hydrogen (secondary N) is 1. The van der Waals surface area contributed by atoms with E-state index in [9.17, 15) is 23.1 Å². The number of aromatic carboxylic acids is 1. The number of carbonyl (C=O) groups is 1. The number of halogens is 3. The number of aromatic nitrogens is 2. The normalized spacial score (nSPS) is 11.4. The molecule has 1 heterocycles. The third-order valence-corrected chi connectivity index (χ3v) is 4.11. The molecule has 0 amide bonds. The van der Waals surface area contributed by atoms with E-state index in [0.29, 0.717) is 5.39 Å². The molecule has 0 radical (unpaired) electrons. The van der Waals surface area contributed by atoms with Crippen molar-refractivity contribution in [1.29, 1.82) is 0 Å². The molecule has 3 aromatic rings. The first-order valence-electron chi connectivity index (χ1n) is 8.26. The molecule has 1 aromatic heterocycles. The number of carboxylic acids is 1. The topological polar surface area (TPSA) is 93.6 Å². The van der Waals surface area contributed by atoms with Gasteiger partial charge in [-0.15, -0.1) is 0 Å². The fourth-order valence-corrected chi connectivity index (χ4v) is 2.75. The van der Waals surface area contributed by atoms with Crippen LogP contribution in [0.4, 0.5) is 24.7 Å². The summed E-state index contributed by atoms with van der Waals surface area (Å²) in [5, 5.41) is 12.5. The maximum absolute atomic E-state index is 13.3. The number of alkyl halides is 3. The van der Waals surface area contributed by atoms with E-state index in [1.165, 1.54) is 32.4 Å². The van der Waals surface area contributed by atoms with Crippen LogP contribution in [-0.4, -0.2) is 35.3 Å². The van der Waals surface area contributed by atoms with Gasteiger partial charge < -0.3 is 19.9 Å². The number of hydrogen-bond acceptors (Lipinski definition) is 6. The number of benzene rings is 2. The van der Waals surface area contributed by atoms with E-state index in [4.69, 9.17) is 9.47 Å². The summed E-state index contributed by atoms with van der Waals surface area (Å²) in [4.78, 5) is 18.8. The number of methoxy groups -OCH3 is 2. The number of ether oxygens (including phenoxy) is 2. The highest BCUT2D eigenvalue weighted by Crippen LogP contribution is 2.37. The molecule has 0 saturated carbocycles. The zero-order valence-electron chi connectivity index (χ0n) is 15.6. The van der Waals surface area contributed by atoms with Gasteiger partial charge in [0.1, 0.15) is 5.82 Å². The van der Waals surface area contributed by atoms with Gasteiger partial charge in [-0.05, 0) is 19.1 Å². The van der Waals surface area contributed by atoms with E-state index in [0.717, 1.165) is 5.56 Å². The second-order valence-corrected chi connectivity index (χ2v) is 6.10. The minimum atomic E-state index is -4.78. The number of hydrogen-bond donors (Lipinski definition) is 2. The molecule has 0 atom stereocenters. The van der Waals surface area contributed by atoms with Crippen LogP contribution in [0.3, 0.4) is 0 Å². The summed E-state index contributed by atoms with van der Waals surface area (Å²) >= 11 is 0. The SMILES string of the molecule is COc1cc(Nc2nc(C(F)(F)F)nc3ccc(C)cc23)c(C(=O)O)cc1OC. The number of fused-ring (bicyclic) bond motifs is 1. The van der Waals surface area contributed by atoms with E-state index in [1.54, 1.807) is 19.1 Å². The molecule has 0 bridgehead atoms. The Labute approximate surface area is 163 Å². The zero-order valence-corrected chi connectivity index (χ0v) is 15.6. The lowest BCUT2D eigenvalue weighted by Crippen LogP contribution is -2.13. The van der Waals surface area contributed by atoms with Crippen LogP contribution < -0.4 is 14.8 Å². The Kier molecular flexibility index (Phi) is 5.19. The minimum absolute atomic E-state index is 0.00946. The van der Waals surface area contributed by atoms with Crippen LogP contribution in [0.25, 0.3) is 10.9 Å². The maximum atomic E-state index is 13.3. The van der Waals surface area contributed by atoms with Gasteiger partial charge in [0.2, 0.25) is 5.82 Å². The van der Waals surface area contributed by atoms with Gasteiger partial charge in [-0.3, -0.25) is 0 Å². The molecule has 2 aromatic carbocycles.